The van der Waals surface area contributed by atoms with Crippen molar-refractivity contribution in [1.82, 2.24) is 54.9 Å². The number of Topliss-reactive ketones (excluding diaryl/α,β-unsaturated/α-hetero) is 1. The fourth-order valence-corrected chi connectivity index (χ4v) is 9.20. The maximum absolute atomic E-state index is 13.1. The smallest absolute Gasteiger partial charge is 0.292 e. The number of piperazine rings is 1. The summed E-state index contributed by atoms with van der Waals surface area (Å²) in [6.07, 6.45) is 9.53. The maximum Gasteiger partial charge on any atom is 0.292 e. The number of oxazole rings is 1. The number of nitrogens with two attached hydrogens (primary N) is 2. The molecule has 1 saturated heterocycles. The first kappa shape index (κ1) is 48.4. The first-order valence-corrected chi connectivity index (χ1v) is 24.6. The summed E-state index contributed by atoms with van der Waals surface area (Å²) in [6, 6.07) is 12.0. The number of fused-ring (bicyclic) bond motifs is 4. The molecule has 5 N–H and O–H groups in total. The highest BCUT2D eigenvalue weighted by Gasteiger charge is 2.25. The van der Waals surface area contributed by atoms with Crippen molar-refractivity contribution < 1.29 is 33.0 Å². The molecule has 0 radical (unpaired) electrons. The van der Waals surface area contributed by atoms with E-state index in [1.807, 2.05) is 27.9 Å². The van der Waals surface area contributed by atoms with Gasteiger partial charge in [-0.15, -0.1) is 0 Å². The second-order valence-corrected chi connectivity index (χ2v) is 17.9. The van der Waals surface area contributed by atoms with Crippen LogP contribution in [0, 0.1) is 0 Å². The van der Waals surface area contributed by atoms with Crippen molar-refractivity contribution in [2.75, 3.05) is 113 Å². The van der Waals surface area contributed by atoms with Gasteiger partial charge in [-0.2, -0.15) is 10.1 Å². The third-order valence-corrected chi connectivity index (χ3v) is 13.1. The van der Waals surface area contributed by atoms with Gasteiger partial charge in [0.05, 0.1) is 75.9 Å². The van der Waals surface area contributed by atoms with Crippen LogP contribution >= 0.6 is 0 Å². The zero-order chi connectivity index (χ0) is 49.2. The Morgan fingerprint density at radius 1 is 0.708 bits per heavy atom. The number of nitrogens with one attached hydrogen (secondary N) is 1. The van der Waals surface area contributed by atoms with Gasteiger partial charge in [0.1, 0.15) is 23.4 Å². The summed E-state index contributed by atoms with van der Waals surface area (Å²) in [6.45, 7) is 9.74. The van der Waals surface area contributed by atoms with Gasteiger partial charge in [0.25, 0.3) is 6.01 Å². The molecule has 0 unspecified atom stereocenters. The third-order valence-electron chi connectivity index (χ3n) is 13.1. The number of nitrogen functional groups attached to an aromatic ring is 2. The molecule has 0 aliphatic carbocycles. The zero-order valence-corrected chi connectivity index (χ0v) is 40.2. The Bertz CT molecular complexity index is 2990. The van der Waals surface area contributed by atoms with Gasteiger partial charge in [0, 0.05) is 102 Å². The molecule has 3 aliphatic heterocycles. The summed E-state index contributed by atoms with van der Waals surface area (Å²) < 4.78 is 29.9. The lowest BCUT2D eigenvalue weighted by atomic mass is 9.97. The first-order valence-electron chi connectivity index (χ1n) is 24.6. The monoisotopic (exact) mass is 981 g/mol. The van der Waals surface area contributed by atoms with Crippen LogP contribution in [-0.4, -0.2) is 153 Å². The average molecular weight is 982 g/mol. The Kier molecular flexibility index (Phi) is 15.4. The van der Waals surface area contributed by atoms with E-state index in [2.05, 4.69) is 63.2 Å². The number of nitrogens with zero attached hydrogens (tertiary/aromatic N) is 12. The second kappa shape index (κ2) is 22.9. The predicted molar refractivity (Wildman–Crippen MR) is 267 cm³/mol. The highest BCUT2D eigenvalue weighted by molar-refractivity contribution is 5.99. The van der Waals surface area contributed by atoms with Gasteiger partial charge in [0.2, 0.25) is 17.8 Å². The van der Waals surface area contributed by atoms with E-state index in [1.165, 1.54) is 17.5 Å². The molecule has 0 bridgehead atoms. The normalized spacial score (nSPS) is 14.8. The molecule has 2 aromatic carbocycles. The molecule has 7 aromatic rings. The zero-order valence-electron chi connectivity index (χ0n) is 40.2. The van der Waals surface area contributed by atoms with Gasteiger partial charge in [0.15, 0.2) is 17.0 Å². The number of amides is 1. The Hall–Kier alpha value is -7.24. The molecule has 22 heteroatoms. The molecule has 0 atom stereocenters. The molecular weight excluding hydrogens is 923 g/mol. The topological polar surface area (TPSA) is 266 Å². The molecule has 376 valence electrons. The van der Waals surface area contributed by atoms with Crippen LogP contribution in [0.2, 0.25) is 0 Å². The molecule has 22 nitrogen and oxygen atoms in total. The Morgan fingerprint density at radius 3 is 2.24 bits per heavy atom. The van der Waals surface area contributed by atoms with Crippen LogP contribution in [0.5, 0.6) is 0 Å². The van der Waals surface area contributed by atoms with Crippen LogP contribution < -0.4 is 26.6 Å². The van der Waals surface area contributed by atoms with Gasteiger partial charge < -0.3 is 54.8 Å². The van der Waals surface area contributed by atoms with E-state index in [0.717, 1.165) is 80.4 Å². The number of hydrogen-bond donors (Lipinski definition) is 3. The summed E-state index contributed by atoms with van der Waals surface area (Å²) in [5.74, 6) is 1.79. The summed E-state index contributed by atoms with van der Waals surface area (Å²) in [5.41, 5.74) is 21.6. The van der Waals surface area contributed by atoms with Crippen LogP contribution in [0.3, 0.4) is 0 Å². The SMILES string of the molecule is Nc1nc2cc(-c3nn(Cc4ccc5c(c4)CCN(C(=O)CCOCCOCCOCCOCCCC(=O)c4cnc(N6CCN(c7ncc8c(n7)CCNC8)CC6)nc4)C5)c4ncnc(N)c34)ccc2o1. The van der Waals surface area contributed by atoms with Gasteiger partial charge >= 0.3 is 0 Å². The number of rotatable bonds is 22. The van der Waals surface area contributed by atoms with Crippen molar-refractivity contribution in [3.63, 3.8) is 0 Å². The predicted octanol–water partition coefficient (Wildman–Crippen LogP) is 3.40. The highest BCUT2D eigenvalue weighted by Crippen LogP contribution is 2.33. The van der Waals surface area contributed by atoms with Crippen molar-refractivity contribution in [1.29, 1.82) is 0 Å². The Balaban J connectivity index is 0.552. The Labute approximate surface area is 415 Å². The van der Waals surface area contributed by atoms with Crippen LogP contribution in [0.1, 0.15) is 57.6 Å². The highest BCUT2D eigenvalue weighted by atomic mass is 16.6. The number of carbonyl (C=O) groups is 2. The lowest BCUT2D eigenvalue weighted by Gasteiger charge is -2.35. The summed E-state index contributed by atoms with van der Waals surface area (Å²) in [5, 5.41) is 8.95. The van der Waals surface area contributed by atoms with E-state index >= 15 is 0 Å². The van der Waals surface area contributed by atoms with Gasteiger partial charge in [-0.25, -0.2) is 34.6 Å². The van der Waals surface area contributed by atoms with E-state index in [4.69, 9.17) is 44.9 Å². The van der Waals surface area contributed by atoms with E-state index < -0.39 is 0 Å². The van der Waals surface area contributed by atoms with Gasteiger partial charge in [-0.05, 0) is 47.7 Å². The summed E-state index contributed by atoms with van der Waals surface area (Å²) >= 11 is 0. The van der Waals surface area contributed by atoms with Crippen molar-refractivity contribution in [3.8, 4) is 11.3 Å². The van der Waals surface area contributed by atoms with Gasteiger partial charge in [-0.3, -0.25) is 9.59 Å². The minimum absolute atomic E-state index is 0.00833. The molecule has 1 fully saturated rings. The number of anilines is 4. The number of hydrogen-bond acceptors (Lipinski definition) is 20. The minimum Gasteiger partial charge on any atom is -0.424 e. The fourth-order valence-electron chi connectivity index (χ4n) is 9.20. The van der Waals surface area contributed by atoms with E-state index in [-0.39, 0.29) is 17.7 Å². The van der Waals surface area contributed by atoms with Crippen LogP contribution in [0.25, 0.3) is 33.4 Å². The summed E-state index contributed by atoms with van der Waals surface area (Å²) in [7, 11) is 0. The van der Waals surface area contributed by atoms with E-state index in [1.54, 1.807) is 18.5 Å². The standard InChI is InChI=1S/C50H59N15O7/c51-46-44-45(35-5-6-42-40(25-35)59-48(52)72-42)61-65(47(44)58-32-57-46)30-33-3-4-36-31-64(11-8-34(36)24-33)43(67)9-17-69-19-21-71-23-22-70-20-18-68-16-1-2-41(66)38-28-54-49(55-29-38)62-12-14-63(15-13-62)50-56-27-37-26-53-10-7-39(37)60-50/h3-6,24-25,27-29,32,53H,1-2,7-23,26,30-31H2,(H2,52,59)(H2,51,57,58). The van der Waals surface area contributed by atoms with Crippen molar-refractivity contribution in [3.05, 3.63) is 94.8 Å². The number of carbonyl (C=O) groups excluding carboxylic acids is 2. The first-order chi connectivity index (χ1) is 35.3. The largest absolute Gasteiger partial charge is 0.424 e. The molecule has 3 aliphatic rings. The third kappa shape index (κ3) is 11.6. The Morgan fingerprint density at radius 2 is 1.44 bits per heavy atom. The molecule has 10 rings (SSSR count). The molecule has 5 aromatic heterocycles. The molecule has 8 heterocycles. The van der Waals surface area contributed by atoms with Crippen molar-refractivity contribution in [2.24, 2.45) is 0 Å². The number of ether oxygens (including phenoxy) is 4. The van der Waals surface area contributed by atoms with E-state index in [9.17, 15) is 9.59 Å². The van der Waals surface area contributed by atoms with Crippen molar-refractivity contribution in [2.45, 2.75) is 51.7 Å². The second-order valence-electron chi connectivity index (χ2n) is 17.9. The maximum atomic E-state index is 13.1. The number of aromatic nitrogens is 9. The van der Waals surface area contributed by atoms with Crippen LogP contribution in [0.4, 0.5) is 23.7 Å². The van der Waals surface area contributed by atoms with Crippen molar-refractivity contribution >= 4 is 57.6 Å². The number of ketones is 1. The average Bonchev–Trinajstić information content (AvgIpc) is 3.98. The lowest BCUT2D eigenvalue weighted by Crippen LogP contribution is -2.47. The molecular formula is C50H59N15O7. The van der Waals surface area contributed by atoms with Gasteiger partial charge in [-0.1, -0.05) is 18.2 Å². The molecule has 0 spiro atoms. The molecule has 0 saturated carbocycles. The van der Waals surface area contributed by atoms with E-state index in [0.29, 0.717) is 137 Å². The van der Waals surface area contributed by atoms with Crippen LogP contribution in [-0.2, 0) is 56.2 Å². The quantitative estimate of drug-likeness (QED) is 0.0649. The summed E-state index contributed by atoms with van der Waals surface area (Å²) in [4.78, 5) is 63.5. The number of benzene rings is 2. The fraction of sp³-hybridized carbons (Fsp3) is 0.440. The minimum atomic E-state index is -0.00833. The van der Waals surface area contributed by atoms with Crippen LogP contribution in [0.15, 0.2) is 65.7 Å². The molecule has 1 amide bonds. The molecule has 72 heavy (non-hydrogen) atoms. The lowest BCUT2D eigenvalue weighted by molar-refractivity contribution is -0.133.